The van der Waals surface area contributed by atoms with Crippen molar-refractivity contribution in [2.75, 3.05) is 11.9 Å². The Bertz CT molecular complexity index is 588. The molecule has 1 fully saturated rings. The molecule has 3 rings (SSSR count). The molecule has 106 valence electrons. The van der Waals surface area contributed by atoms with E-state index in [-0.39, 0.29) is 6.09 Å². The molecule has 0 bridgehead atoms. The van der Waals surface area contributed by atoms with E-state index in [9.17, 15) is 4.79 Å². The molecule has 20 heavy (non-hydrogen) atoms. The summed E-state index contributed by atoms with van der Waals surface area (Å²) < 4.78 is 5.32. The number of hydrogen-bond donors (Lipinski definition) is 2. The molecule has 2 N–H and O–H groups in total. The molecule has 1 aliphatic rings. The monoisotopic (exact) mass is 273 g/mol. The van der Waals surface area contributed by atoms with Gasteiger partial charge in [0.15, 0.2) is 0 Å². The van der Waals surface area contributed by atoms with Crippen LogP contribution in [-0.2, 0) is 4.74 Å². The molecule has 0 radical (unpaired) electrons. The average Bonchev–Trinajstić information content (AvgIpc) is 2.90. The van der Waals surface area contributed by atoms with E-state index in [0.717, 1.165) is 16.6 Å². The zero-order valence-electron chi connectivity index (χ0n) is 11.4. The molecule has 0 aliphatic heterocycles. The number of amides is 1. The highest BCUT2D eigenvalue weighted by Gasteiger charge is 2.16. The van der Waals surface area contributed by atoms with Gasteiger partial charge in [-0.25, -0.2) is 4.79 Å². The average molecular weight is 273 g/mol. The van der Waals surface area contributed by atoms with Crippen molar-refractivity contribution in [3.63, 3.8) is 0 Å². The molecule has 0 saturated heterocycles. The summed E-state index contributed by atoms with van der Waals surface area (Å²) >= 11 is 0. The molecule has 1 saturated carbocycles. The second-order valence-corrected chi connectivity index (χ2v) is 5.35. The van der Waals surface area contributed by atoms with Crippen molar-refractivity contribution in [1.82, 2.24) is 9.97 Å². The lowest BCUT2D eigenvalue weighted by atomic mass is 9.90. The van der Waals surface area contributed by atoms with Crippen molar-refractivity contribution in [3.8, 4) is 0 Å². The number of H-pyrrole nitrogens is 1. The van der Waals surface area contributed by atoms with Crippen LogP contribution in [0.5, 0.6) is 0 Å². The van der Waals surface area contributed by atoms with Crippen LogP contribution in [0.4, 0.5) is 10.5 Å². The van der Waals surface area contributed by atoms with E-state index in [1.807, 2.05) is 6.07 Å². The Morgan fingerprint density at radius 1 is 1.40 bits per heavy atom. The van der Waals surface area contributed by atoms with Gasteiger partial charge in [-0.1, -0.05) is 19.3 Å². The molecule has 5 nitrogen and oxygen atoms in total. The lowest BCUT2D eigenvalue weighted by molar-refractivity contribution is 0.128. The van der Waals surface area contributed by atoms with E-state index in [2.05, 4.69) is 15.3 Å². The van der Waals surface area contributed by atoms with Crippen LogP contribution in [0.3, 0.4) is 0 Å². The van der Waals surface area contributed by atoms with Crippen LogP contribution in [0, 0.1) is 5.92 Å². The number of ether oxygens (including phenoxy) is 1. The van der Waals surface area contributed by atoms with Crippen LogP contribution in [0.2, 0.25) is 0 Å². The third kappa shape index (κ3) is 2.92. The molecule has 2 aromatic rings. The molecule has 2 heterocycles. The van der Waals surface area contributed by atoms with Crippen LogP contribution < -0.4 is 5.32 Å². The number of aromatic nitrogens is 2. The van der Waals surface area contributed by atoms with Crippen molar-refractivity contribution in [2.24, 2.45) is 5.92 Å². The summed E-state index contributed by atoms with van der Waals surface area (Å²) in [5.41, 5.74) is 1.63. The first-order valence-electron chi connectivity index (χ1n) is 7.18. The van der Waals surface area contributed by atoms with Crippen molar-refractivity contribution in [1.29, 1.82) is 0 Å². The third-order valence-corrected chi connectivity index (χ3v) is 3.89. The number of nitrogens with zero attached hydrogens (tertiary/aromatic N) is 1. The van der Waals surface area contributed by atoms with Crippen molar-refractivity contribution >= 4 is 22.7 Å². The maximum atomic E-state index is 11.8. The van der Waals surface area contributed by atoms with Gasteiger partial charge in [-0.2, -0.15) is 0 Å². The van der Waals surface area contributed by atoms with Gasteiger partial charge in [0, 0.05) is 17.8 Å². The van der Waals surface area contributed by atoms with Crippen molar-refractivity contribution in [2.45, 2.75) is 32.1 Å². The summed E-state index contributed by atoms with van der Waals surface area (Å²) in [4.78, 5) is 18.9. The minimum atomic E-state index is -0.381. The van der Waals surface area contributed by atoms with Gasteiger partial charge in [-0.15, -0.1) is 0 Å². The van der Waals surface area contributed by atoms with Crippen LogP contribution in [0.25, 0.3) is 10.9 Å². The van der Waals surface area contributed by atoms with Crippen LogP contribution in [0.1, 0.15) is 32.1 Å². The van der Waals surface area contributed by atoms with Gasteiger partial charge in [0.1, 0.15) is 0 Å². The molecule has 5 heteroatoms. The van der Waals surface area contributed by atoms with Gasteiger partial charge in [0.25, 0.3) is 0 Å². The Kier molecular flexibility index (Phi) is 3.85. The van der Waals surface area contributed by atoms with E-state index >= 15 is 0 Å². The van der Waals surface area contributed by atoms with Crippen LogP contribution >= 0.6 is 0 Å². The summed E-state index contributed by atoms with van der Waals surface area (Å²) in [5.74, 6) is 0.529. The smallest absolute Gasteiger partial charge is 0.411 e. The number of hydrogen-bond acceptors (Lipinski definition) is 3. The Hall–Kier alpha value is -2.04. The molecular formula is C15H19N3O2. The van der Waals surface area contributed by atoms with E-state index in [0.29, 0.717) is 12.5 Å². The Balaban J connectivity index is 1.55. The van der Waals surface area contributed by atoms with E-state index in [1.54, 1.807) is 18.6 Å². The fraction of sp³-hybridized carbons (Fsp3) is 0.467. The topological polar surface area (TPSA) is 67.0 Å². The normalized spacial score (nSPS) is 16.2. The summed E-state index contributed by atoms with van der Waals surface area (Å²) in [6.45, 7) is 0.524. The van der Waals surface area contributed by atoms with Gasteiger partial charge in [-0.05, 0) is 24.8 Å². The van der Waals surface area contributed by atoms with E-state index in [1.165, 1.54) is 32.1 Å². The lowest BCUT2D eigenvalue weighted by Gasteiger charge is -2.21. The van der Waals surface area contributed by atoms with Gasteiger partial charge < -0.3 is 9.72 Å². The predicted molar refractivity (Wildman–Crippen MR) is 77.6 cm³/mol. The zero-order chi connectivity index (χ0) is 13.8. The number of carbonyl (C=O) groups is 1. The quantitative estimate of drug-likeness (QED) is 0.896. The standard InChI is InChI=1S/C15H19N3O2/c19-15(20-10-11-4-2-1-3-5-11)18-14-9-17-13-8-16-7-6-12(13)14/h6-9,11,17H,1-5,10H2,(H,18,19). The maximum Gasteiger partial charge on any atom is 0.411 e. The van der Waals surface area contributed by atoms with Crippen molar-refractivity contribution < 1.29 is 9.53 Å². The minimum Gasteiger partial charge on any atom is -0.449 e. The second-order valence-electron chi connectivity index (χ2n) is 5.35. The van der Waals surface area contributed by atoms with Gasteiger partial charge in [0.2, 0.25) is 0 Å². The van der Waals surface area contributed by atoms with Crippen LogP contribution in [-0.4, -0.2) is 22.7 Å². The van der Waals surface area contributed by atoms with Crippen LogP contribution in [0.15, 0.2) is 24.7 Å². The van der Waals surface area contributed by atoms with Crippen molar-refractivity contribution in [3.05, 3.63) is 24.7 Å². The van der Waals surface area contributed by atoms with E-state index in [4.69, 9.17) is 4.74 Å². The summed E-state index contributed by atoms with van der Waals surface area (Å²) in [7, 11) is 0. The lowest BCUT2D eigenvalue weighted by Crippen LogP contribution is -2.20. The highest BCUT2D eigenvalue weighted by molar-refractivity contribution is 5.98. The highest BCUT2D eigenvalue weighted by Crippen LogP contribution is 2.24. The number of fused-ring (bicyclic) bond motifs is 1. The molecule has 0 atom stereocenters. The Morgan fingerprint density at radius 2 is 2.25 bits per heavy atom. The van der Waals surface area contributed by atoms with E-state index < -0.39 is 0 Å². The molecule has 0 spiro atoms. The zero-order valence-corrected chi connectivity index (χ0v) is 11.4. The first-order chi connectivity index (χ1) is 9.83. The third-order valence-electron chi connectivity index (χ3n) is 3.89. The van der Waals surface area contributed by atoms with Gasteiger partial charge >= 0.3 is 6.09 Å². The fourth-order valence-electron chi connectivity index (χ4n) is 2.77. The molecule has 1 amide bonds. The number of nitrogens with one attached hydrogen (secondary N) is 2. The van der Waals surface area contributed by atoms with Gasteiger partial charge in [0.05, 0.1) is 24.0 Å². The molecule has 0 unspecified atom stereocenters. The highest BCUT2D eigenvalue weighted by atomic mass is 16.5. The molecular weight excluding hydrogens is 254 g/mol. The second kappa shape index (κ2) is 5.94. The first-order valence-corrected chi connectivity index (χ1v) is 7.18. The molecule has 0 aromatic carbocycles. The molecule has 2 aromatic heterocycles. The summed E-state index contributed by atoms with van der Waals surface area (Å²) in [5, 5.41) is 3.72. The molecule has 1 aliphatic carbocycles. The minimum absolute atomic E-state index is 0.381. The summed E-state index contributed by atoms with van der Waals surface area (Å²) in [6, 6.07) is 1.86. The number of aromatic amines is 1. The number of carbonyl (C=O) groups excluding carboxylic acids is 1. The predicted octanol–water partition coefficient (Wildman–Crippen LogP) is 3.69. The SMILES string of the molecule is O=C(Nc1c[nH]c2cnccc12)OCC1CCCCC1. The maximum absolute atomic E-state index is 11.8. The number of rotatable bonds is 3. The number of anilines is 1. The Morgan fingerprint density at radius 3 is 3.10 bits per heavy atom. The van der Waals surface area contributed by atoms with Gasteiger partial charge in [-0.3, -0.25) is 10.3 Å². The first kappa shape index (κ1) is 13.0. The number of pyridine rings is 1. The largest absolute Gasteiger partial charge is 0.449 e. The fourth-order valence-corrected chi connectivity index (χ4v) is 2.77. The summed E-state index contributed by atoms with van der Waals surface area (Å²) in [6.07, 6.45) is 11.0. The Labute approximate surface area is 117 Å².